The summed E-state index contributed by atoms with van der Waals surface area (Å²) in [5, 5.41) is 0. The first-order valence-corrected chi connectivity index (χ1v) is 4.67. The number of carbonyl (C=O) groups excluding carboxylic acids is 1. The number of hydrogen-bond donors (Lipinski definition) is 1. The quantitative estimate of drug-likeness (QED) is 0.630. The molecule has 0 aliphatic carbocycles. The van der Waals surface area contributed by atoms with E-state index >= 15 is 0 Å². The van der Waals surface area contributed by atoms with Crippen molar-refractivity contribution in [3.05, 3.63) is 13.8 Å². The third kappa shape index (κ3) is 1.84. The summed E-state index contributed by atoms with van der Waals surface area (Å²) < 4.78 is 5.51. The zero-order chi connectivity index (χ0) is 8.43. The fourth-order valence-corrected chi connectivity index (χ4v) is 2.35. The molecule has 0 spiro atoms. The lowest BCUT2D eigenvalue weighted by molar-refractivity contribution is 0.0607. The van der Waals surface area contributed by atoms with Crippen LogP contribution < -0.4 is 5.73 Å². The average Bonchev–Trinajstić information content (AvgIpc) is 2.28. The van der Waals surface area contributed by atoms with Gasteiger partial charge in [-0.05, 0) is 28.7 Å². The number of halogens is 1. The molecule has 3 nitrogen and oxygen atoms in total. The zero-order valence-corrected chi connectivity index (χ0v) is 8.73. The molecule has 1 aromatic rings. The minimum Gasteiger partial charge on any atom is -0.465 e. The summed E-state index contributed by atoms with van der Waals surface area (Å²) in [7, 11) is 1.34. The Bertz CT molecular complexity index is 284. The lowest BCUT2D eigenvalue weighted by Crippen LogP contribution is -2.00. The molecular weight excluding hydrogens is 277 g/mol. The van der Waals surface area contributed by atoms with Crippen molar-refractivity contribution in [3.8, 4) is 0 Å². The van der Waals surface area contributed by atoms with Gasteiger partial charge < -0.3 is 10.5 Å². The van der Waals surface area contributed by atoms with Crippen LogP contribution in [0.5, 0.6) is 0 Å². The van der Waals surface area contributed by atoms with Gasteiger partial charge >= 0.3 is 5.97 Å². The maximum Gasteiger partial charge on any atom is 0.350 e. The van der Waals surface area contributed by atoms with Gasteiger partial charge in [0.25, 0.3) is 0 Å². The lowest BCUT2D eigenvalue weighted by Gasteiger charge is -1.94. The van der Waals surface area contributed by atoms with Gasteiger partial charge in [-0.25, -0.2) is 4.79 Å². The molecule has 0 amide bonds. The van der Waals surface area contributed by atoms with Gasteiger partial charge in [0.15, 0.2) is 0 Å². The molecule has 1 aromatic heterocycles. The maximum atomic E-state index is 11.0. The van der Waals surface area contributed by atoms with E-state index in [9.17, 15) is 4.79 Å². The lowest BCUT2D eigenvalue weighted by atomic mass is 10.4. The Morgan fingerprint density at radius 3 is 2.82 bits per heavy atom. The standard InChI is InChI=1S/C6H6INO2S/c1-10-6(9)5-3(8)2-4(7)11-5/h2H,8H2,1H3. The molecule has 5 heteroatoms. The Morgan fingerprint density at radius 1 is 1.82 bits per heavy atom. The molecule has 1 rings (SSSR count). The fraction of sp³-hybridized carbons (Fsp3) is 0.167. The van der Waals surface area contributed by atoms with Gasteiger partial charge in [0.1, 0.15) is 4.88 Å². The van der Waals surface area contributed by atoms with Crippen molar-refractivity contribution >= 4 is 45.6 Å². The van der Waals surface area contributed by atoms with Crippen molar-refractivity contribution in [2.75, 3.05) is 12.8 Å². The summed E-state index contributed by atoms with van der Waals surface area (Å²) in [5.74, 6) is -0.365. The van der Waals surface area contributed by atoms with Gasteiger partial charge in [-0.15, -0.1) is 11.3 Å². The van der Waals surface area contributed by atoms with Crippen LogP contribution in [0, 0.1) is 2.88 Å². The molecule has 0 atom stereocenters. The molecule has 0 saturated heterocycles. The average molecular weight is 283 g/mol. The van der Waals surface area contributed by atoms with Crippen LogP contribution in [-0.2, 0) is 4.74 Å². The first-order chi connectivity index (χ1) is 5.15. The van der Waals surface area contributed by atoms with E-state index in [1.807, 2.05) is 0 Å². The number of hydrogen-bond acceptors (Lipinski definition) is 4. The Morgan fingerprint density at radius 2 is 2.45 bits per heavy atom. The third-order valence-corrected chi connectivity index (χ3v) is 2.99. The number of rotatable bonds is 1. The van der Waals surface area contributed by atoms with Crippen LogP contribution in [0.3, 0.4) is 0 Å². The Hall–Kier alpha value is -0.300. The Labute approximate surface area is 81.7 Å². The van der Waals surface area contributed by atoms with Crippen molar-refractivity contribution in [2.45, 2.75) is 0 Å². The molecule has 0 aliphatic heterocycles. The summed E-state index contributed by atoms with van der Waals surface area (Å²) in [6.45, 7) is 0. The molecule has 0 radical (unpaired) electrons. The highest BCUT2D eigenvalue weighted by atomic mass is 127. The van der Waals surface area contributed by atoms with Gasteiger partial charge in [-0.2, -0.15) is 0 Å². The molecule has 2 N–H and O–H groups in total. The van der Waals surface area contributed by atoms with Gasteiger partial charge in [-0.1, -0.05) is 0 Å². The maximum absolute atomic E-state index is 11.0. The molecule has 0 fully saturated rings. The first kappa shape index (κ1) is 8.79. The van der Waals surface area contributed by atoms with E-state index in [2.05, 4.69) is 27.3 Å². The molecule has 60 valence electrons. The van der Waals surface area contributed by atoms with E-state index in [0.29, 0.717) is 10.6 Å². The topological polar surface area (TPSA) is 52.3 Å². The molecule has 0 saturated carbocycles. The van der Waals surface area contributed by atoms with Gasteiger partial charge in [0.2, 0.25) is 0 Å². The molecule has 0 aliphatic rings. The number of methoxy groups -OCH3 is 1. The number of ether oxygens (including phenoxy) is 1. The Balaban J connectivity index is 3.03. The molecule has 11 heavy (non-hydrogen) atoms. The molecule has 0 unspecified atom stereocenters. The van der Waals surface area contributed by atoms with Crippen LogP contribution >= 0.6 is 33.9 Å². The van der Waals surface area contributed by atoms with Crippen molar-refractivity contribution in [3.63, 3.8) is 0 Å². The summed E-state index contributed by atoms with van der Waals surface area (Å²) in [5.41, 5.74) is 6.01. The molecule has 0 aromatic carbocycles. The smallest absolute Gasteiger partial charge is 0.350 e. The van der Waals surface area contributed by atoms with Crippen LogP contribution in [0.2, 0.25) is 0 Å². The first-order valence-electron chi connectivity index (χ1n) is 2.78. The second-order valence-electron chi connectivity index (χ2n) is 1.83. The van der Waals surface area contributed by atoms with Crippen LogP contribution in [-0.4, -0.2) is 13.1 Å². The molecular formula is C6H6INO2S. The van der Waals surface area contributed by atoms with Crippen molar-refractivity contribution in [1.29, 1.82) is 0 Å². The minimum absolute atomic E-state index is 0.365. The minimum atomic E-state index is -0.365. The van der Waals surface area contributed by atoms with E-state index < -0.39 is 0 Å². The Kier molecular flexibility index (Phi) is 2.72. The molecule has 1 heterocycles. The van der Waals surface area contributed by atoms with E-state index in [0.717, 1.165) is 2.88 Å². The normalized spacial score (nSPS) is 9.64. The number of anilines is 1. The molecule has 0 bridgehead atoms. The van der Waals surface area contributed by atoms with Crippen LogP contribution in [0.1, 0.15) is 9.67 Å². The van der Waals surface area contributed by atoms with Crippen LogP contribution in [0.4, 0.5) is 5.69 Å². The fourth-order valence-electron chi connectivity index (χ4n) is 0.626. The van der Waals surface area contributed by atoms with E-state index in [1.165, 1.54) is 18.4 Å². The van der Waals surface area contributed by atoms with Gasteiger partial charge in [0, 0.05) is 0 Å². The number of nitrogen functional groups attached to an aromatic ring is 1. The summed E-state index contributed by atoms with van der Waals surface area (Å²) in [6.07, 6.45) is 0. The van der Waals surface area contributed by atoms with Crippen molar-refractivity contribution < 1.29 is 9.53 Å². The monoisotopic (exact) mass is 283 g/mol. The zero-order valence-electron chi connectivity index (χ0n) is 5.76. The predicted octanol–water partition coefficient (Wildman–Crippen LogP) is 1.72. The second-order valence-corrected chi connectivity index (χ2v) is 4.77. The number of esters is 1. The third-order valence-electron chi connectivity index (χ3n) is 1.10. The highest BCUT2D eigenvalue weighted by Crippen LogP contribution is 2.26. The second kappa shape index (κ2) is 3.40. The van der Waals surface area contributed by atoms with Crippen LogP contribution in [0.15, 0.2) is 6.07 Å². The van der Waals surface area contributed by atoms with Gasteiger partial charge in [0.05, 0.1) is 15.7 Å². The van der Waals surface area contributed by atoms with Crippen molar-refractivity contribution in [2.24, 2.45) is 0 Å². The number of thiophene rings is 1. The van der Waals surface area contributed by atoms with E-state index in [-0.39, 0.29) is 5.97 Å². The van der Waals surface area contributed by atoms with E-state index in [1.54, 1.807) is 6.07 Å². The highest BCUT2D eigenvalue weighted by Gasteiger charge is 2.12. The summed E-state index contributed by atoms with van der Waals surface area (Å²) in [4.78, 5) is 11.4. The number of carbonyl (C=O) groups is 1. The SMILES string of the molecule is COC(=O)c1sc(I)cc1N. The highest BCUT2D eigenvalue weighted by molar-refractivity contribution is 14.1. The van der Waals surface area contributed by atoms with Gasteiger partial charge in [-0.3, -0.25) is 0 Å². The summed E-state index contributed by atoms with van der Waals surface area (Å²) >= 11 is 3.44. The summed E-state index contributed by atoms with van der Waals surface area (Å²) in [6, 6.07) is 1.75. The largest absolute Gasteiger partial charge is 0.465 e. The van der Waals surface area contributed by atoms with Crippen molar-refractivity contribution in [1.82, 2.24) is 0 Å². The van der Waals surface area contributed by atoms with Crippen LogP contribution in [0.25, 0.3) is 0 Å². The number of nitrogens with two attached hydrogens (primary N) is 1. The predicted molar refractivity (Wildman–Crippen MR) is 52.8 cm³/mol. The van der Waals surface area contributed by atoms with E-state index in [4.69, 9.17) is 5.73 Å².